The zero-order valence-corrected chi connectivity index (χ0v) is 14.4. The highest BCUT2D eigenvalue weighted by molar-refractivity contribution is 7.98. The summed E-state index contributed by atoms with van der Waals surface area (Å²) in [6.07, 6.45) is 0. The average molecular weight is 320 g/mol. The molecule has 0 aliphatic carbocycles. The van der Waals surface area contributed by atoms with E-state index in [1.807, 2.05) is 17.8 Å². The summed E-state index contributed by atoms with van der Waals surface area (Å²) in [5, 5.41) is 4.19. The number of halogens is 1. The van der Waals surface area contributed by atoms with Crippen molar-refractivity contribution in [2.75, 3.05) is 6.54 Å². The van der Waals surface area contributed by atoms with Crippen molar-refractivity contribution in [3.63, 3.8) is 0 Å². The molecule has 0 atom stereocenters. The van der Waals surface area contributed by atoms with Gasteiger partial charge in [-0.2, -0.15) is 0 Å². The molecular formula is C18H22ClNS. The fourth-order valence-corrected chi connectivity index (χ4v) is 3.64. The Morgan fingerprint density at radius 3 is 2.43 bits per heavy atom. The Balaban J connectivity index is 2.12. The summed E-state index contributed by atoms with van der Waals surface area (Å²) in [6.45, 7) is 8.29. The summed E-state index contributed by atoms with van der Waals surface area (Å²) in [4.78, 5) is 1.27. The molecule has 0 bridgehead atoms. The lowest BCUT2D eigenvalue weighted by Gasteiger charge is -2.11. The Kier molecular flexibility index (Phi) is 6.16. The Labute approximate surface area is 137 Å². The maximum Gasteiger partial charge on any atom is 0.0417 e. The van der Waals surface area contributed by atoms with E-state index in [9.17, 15) is 0 Å². The van der Waals surface area contributed by atoms with Gasteiger partial charge in [0.25, 0.3) is 0 Å². The van der Waals surface area contributed by atoms with E-state index in [2.05, 4.69) is 56.4 Å². The minimum absolute atomic E-state index is 0.804. The van der Waals surface area contributed by atoms with E-state index in [0.29, 0.717) is 0 Å². The summed E-state index contributed by atoms with van der Waals surface area (Å²) in [5.74, 6) is 0.974. The zero-order chi connectivity index (χ0) is 15.2. The van der Waals surface area contributed by atoms with Crippen LogP contribution in [-0.4, -0.2) is 6.54 Å². The van der Waals surface area contributed by atoms with Gasteiger partial charge in [0.1, 0.15) is 0 Å². The van der Waals surface area contributed by atoms with E-state index < -0.39 is 0 Å². The second-order valence-electron chi connectivity index (χ2n) is 5.32. The molecule has 0 heterocycles. The molecule has 0 fully saturated rings. The van der Waals surface area contributed by atoms with Crippen LogP contribution in [0.15, 0.2) is 41.3 Å². The highest BCUT2D eigenvalue weighted by Crippen LogP contribution is 2.29. The lowest BCUT2D eigenvalue weighted by Crippen LogP contribution is -2.12. The molecule has 2 aromatic rings. The molecule has 21 heavy (non-hydrogen) atoms. The molecule has 0 saturated carbocycles. The quantitative estimate of drug-likeness (QED) is 0.719. The lowest BCUT2D eigenvalue weighted by molar-refractivity contribution is 0.718. The predicted octanol–water partition coefficient (Wildman–Crippen LogP) is 5.36. The van der Waals surface area contributed by atoms with E-state index >= 15 is 0 Å². The molecule has 112 valence electrons. The van der Waals surface area contributed by atoms with Crippen LogP contribution in [0.5, 0.6) is 0 Å². The number of hydrogen-bond acceptors (Lipinski definition) is 2. The molecule has 3 heteroatoms. The van der Waals surface area contributed by atoms with Crippen LogP contribution in [0.2, 0.25) is 5.02 Å². The van der Waals surface area contributed by atoms with E-state index in [0.717, 1.165) is 23.9 Å². The molecule has 0 saturated heterocycles. The number of aryl methyl sites for hydroxylation is 2. The third-order valence-corrected chi connectivity index (χ3v) is 4.67. The topological polar surface area (TPSA) is 12.0 Å². The van der Waals surface area contributed by atoms with Crippen LogP contribution in [0.1, 0.15) is 29.2 Å². The highest BCUT2D eigenvalue weighted by atomic mass is 35.5. The summed E-state index contributed by atoms with van der Waals surface area (Å²) in [7, 11) is 0. The largest absolute Gasteiger partial charge is 0.313 e. The first-order chi connectivity index (χ1) is 10.1. The fourth-order valence-electron chi connectivity index (χ4n) is 2.38. The first kappa shape index (κ1) is 16.4. The molecular weight excluding hydrogens is 298 g/mol. The van der Waals surface area contributed by atoms with Gasteiger partial charge in [-0.05, 0) is 43.7 Å². The Morgan fingerprint density at radius 1 is 1.05 bits per heavy atom. The lowest BCUT2D eigenvalue weighted by atomic mass is 10.1. The van der Waals surface area contributed by atoms with Crippen molar-refractivity contribution in [1.82, 2.24) is 5.32 Å². The molecule has 1 N–H and O–H groups in total. The average Bonchev–Trinajstić information content (AvgIpc) is 2.43. The van der Waals surface area contributed by atoms with Gasteiger partial charge in [0.2, 0.25) is 0 Å². The molecule has 2 rings (SSSR count). The molecule has 0 radical (unpaired) electrons. The van der Waals surface area contributed by atoms with Gasteiger partial charge in [0.15, 0.2) is 0 Å². The van der Waals surface area contributed by atoms with Gasteiger partial charge in [-0.25, -0.2) is 0 Å². The molecule has 0 spiro atoms. The monoisotopic (exact) mass is 319 g/mol. The van der Waals surface area contributed by atoms with Crippen molar-refractivity contribution < 1.29 is 0 Å². The molecule has 0 aliphatic rings. The molecule has 0 aromatic heterocycles. The van der Waals surface area contributed by atoms with Gasteiger partial charge in [0, 0.05) is 22.2 Å². The van der Waals surface area contributed by atoms with Gasteiger partial charge in [0.05, 0.1) is 0 Å². The fraction of sp³-hybridized carbons (Fsp3) is 0.333. The molecule has 2 aromatic carbocycles. The zero-order valence-electron chi connectivity index (χ0n) is 12.9. The molecule has 0 amide bonds. The summed E-state index contributed by atoms with van der Waals surface area (Å²) >= 11 is 8.01. The smallest absolute Gasteiger partial charge is 0.0417 e. The minimum Gasteiger partial charge on any atom is -0.313 e. The summed E-state index contributed by atoms with van der Waals surface area (Å²) < 4.78 is 0. The molecule has 1 nitrogen and oxygen atoms in total. The third-order valence-electron chi connectivity index (χ3n) is 3.27. The first-order valence-corrected chi connectivity index (χ1v) is 8.64. The van der Waals surface area contributed by atoms with Crippen LogP contribution in [0.3, 0.4) is 0 Å². The van der Waals surface area contributed by atoms with Crippen molar-refractivity contribution in [3.05, 3.63) is 63.7 Å². The van der Waals surface area contributed by atoms with Crippen LogP contribution in [0, 0.1) is 13.8 Å². The van der Waals surface area contributed by atoms with Crippen molar-refractivity contribution in [2.24, 2.45) is 0 Å². The number of rotatable bonds is 6. The van der Waals surface area contributed by atoms with Crippen molar-refractivity contribution in [1.29, 1.82) is 0 Å². The first-order valence-electron chi connectivity index (χ1n) is 7.27. The Hall–Kier alpha value is -0.960. The van der Waals surface area contributed by atoms with Gasteiger partial charge in [-0.1, -0.05) is 53.9 Å². The van der Waals surface area contributed by atoms with Gasteiger partial charge < -0.3 is 5.32 Å². The van der Waals surface area contributed by atoms with Crippen LogP contribution in [0.25, 0.3) is 0 Å². The highest BCUT2D eigenvalue weighted by Gasteiger charge is 2.05. The number of thioether (sulfide) groups is 1. The second-order valence-corrected chi connectivity index (χ2v) is 6.77. The Bertz CT molecular complexity index is 590. The van der Waals surface area contributed by atoms with Crippen LogP contribution < -0.4 is 5.32 Å². The predicted molar refractivity (Wildman–Crippen MR) is 94.3 cm³/mol. The maximum absolute atomic E-state index is 6.15. The van der Waals surface area contributed by atoms with E-state index in [1.165, 1.54) is 27.1 Å². The number of nitrogens with one attached hydrogen (secondary N) is 1. The standard InChI is InChI=1S/C18H22ClNS/c1-4-20-11-16-5-6-17(19)10-18(16)21-12-15-8-13(2)7-14(3)9-15/h5-10,20H,4,11-12H2,1-3H3. The van der Waals surface area contributed by atoms with Crippen molar-refractivity contribution in [2.45, 2.75) is 38.0 Å². The van der Waals surface area contributed by atoms with E-state index in [1.54, 1.807) is 0 Å². The van der Waals surface area contributed by atoms with Crippen LogP contribution in [-0.2, 0) is 12.3 Å². The van der Waals surface area contributed by atoms with Gasteiger partial charge >= 0.3 is 0 Å². The minimum atomic E-state index is 0.804. The SMILES string of the molecule is CCNCc1ccc(Cl)cc1SCc1cc(C)cc(C)c1. The number of hydrogen-bond donors (Lipinski definition) is 1. The van der Waals surface area contributed by atoms with Crippen molar-refractivity contribution >= 4 is 23.4 Å². The van der Waals surface area contributed by atoms with E-state index in [4.69, 9.17) is 11.6 Å². The van der Waals surface area contributed by atoms with Crippen LogP contribution >= 0.6 is 23.4 Å². The Morgan fingerprint density at radius 2 is 1.76 bits per heavy atom. The van der Waals surface area contributed by atoms with Gasteiger partial charge in [-0.15, -0.1) is 11.8 Å². The van der Waals surface area contributed by atoms with Crippen LogP contribution in [0.4, 0.5) is 0 Å². The third kappa shape index (κ3) is 5.06. The summed E-state index contributed by atoms with van der Waals surface area (Å²) in [5.41, 5.74) is 5.33. The second kappa shape index (κ2) is 7.88. The summed E-state index contributed by atoms with van der Waals surface area (Å²) in [6, 6.07) is 12.9. The van der Waals surface area contributed by atoms with Crippen molar-refractivity contribution in [3.8, 4) is 0 Å². The van der Waals surface area contributed by atoms with Gasteiger partial charge in [-0.3, -0.25) is 0 Å². The maximum atomic E-state index is 6.15. The van der Waals surface area contributed by atoms with E-state index in [-0.39, 0.29) is 0 Å². The number of benzene rings is 2. The molecule has 0 aliphatic heterocycles. The normalized spacial score (nSPS) is 10.9. The molecule has 0 unspecified atom stereocenters.